The maximum Gasteiger partial charge on any atom is 0.0964 e. The van der Waals surface area contributed by atoms with Crippen LogP contribution < -0.4 is 9.80 Å². The number of anilines is 3. The van der Waals surface area contributed by atoms with Gasteiger partial charge in [-0.2, -0.15) is 5.10 Å². The second kappa shape index (κ2) is 8.72. The number of hydrogen-bond acceptors (Lipinski definition) is 3. The molecule has 0 aromatic heterocycles. The Bertz CT molecular complexity index is 843. The van der Waals surface area contributed by atoms with E-state index in [1.54, 1.807) is 4.90 Å². The van der Waals surface area contributed by atoms with E-state index in [9.17, 15) is 0 Å². The molecule has 0 unspecified atom stereocenters. The number of para-hydroxylation sites is 2. The van der Waals surface area contributed by atoms with Crippen LogP contribution in [0, 0.1) is 0 Å². The molecule has 0 amide bonds. The molecule has 1 N–H and O–H groups in total. The summed E-state index contributed by atoms with van der Waals surface area (Å²) in [5.41, 5.74) is 4.55. The molecule has 3 aromatic rings. The van der Waals surface area contributed by atoms with Gasteiger partial charge >= 0.3 is 0 Å². The van der Waals surface area contributed by atoms with Gasteiger partial charge in [-0.3, -0.25) is 5.01 Å². The Morgan fingerprint density at radius 3 is 1.79 bits per heavy atom. The number of benzene rings is 3. The third kappa shape index (κ3) is 4.41. The fourth-order valence-electron chi connectivity index (χ4n) is 3.45. The molecular weight excluding hydrogens is 344 g/mol. The number of quaternary nitrogens is 1. The summed E-state index contributed by atoms with van der Waals surface area (Å²) in [6.07, 6.45) is 1.97. The Labute approximate surface area is 167 Å². The zero-order valence-electron chi connectivity index (χ0n) is 16.3. The van der Waals surface area contributed by atoms with Crippen LogP contribution in [0.1, 0.15) is 5.56 Å². The highest BCUT2D eigenvalue weighted by Crippen LogP contribution is 2.33. The van der Waals surface area contributed by atoms with Gasteiger partial charge in [0.2, 0.25) is 0 Å². The third-order valence-corrected chi connectivity index (χ3v) is 5.14. The van der Waals surface area contributed by atoms with Gasteiger partial charge in [0.15, 0.2) is 0 Å². The standard InChI is InChI=1S/C24H26N4/c1-26-16-18-27(19-17-26)25-20-21-12-14-24(15-13-21)28(22-8-4-2-5-9-22)23-10-6-3-7-11-23/h2-15,20H,16-19H2,1H3/p+1/b25-20-. The second-order valence-electron chi connectivity index (χ2n) is 7.25. The summed E-state index contributed by atoms with van der Waals surface area (Å²) in [4.78, 5) is 3.85. The lowest BCUT2D eigenvalue weighted by atomic mass is 10.1. The van der Waals surface area contributed by atoms with Crippen LogP contribution in [0.3, 0.4) is 0 Å². The van der Waals surface area contributed by atoms with Gasteiger partial charge in [0.1, 0.15) is 0 Å². The summed E-state index contributed by atoms with van der Waals surface area (Å²) in [7, 11) is 2.24. The van der Waals surface area contributed by atoms with E-state index in [2.05, 4.69) is 94.9 Å². The minimum absolute atomic E-state index is 1.02. The molecule has 1 heterocycles. The van der Waals surface area contributed by atoms with Crippen molar-refractivity contribution in [2.75, 3.05) is 38.1 Å². The molecule has 0 atom stereocenters. The summed E-state index contributed by atoms with van der Waals surface area (Å²) in [5, 5.41) is 6.83. The monoisotopic (exact) mass is 371 g/mol. The molecule has 0 spiro atoms. The van der Waals surface area contributed by atoms with Crippen LogP contribution in [0.4, 0.5) is 17.1 Å². The molecule has 28 heavy (non-hydrogen) atoms. The highest BCUT2D eigenvalue weighted by Gasteiger charge is 2.14. The first-order chi connectivity index (χ1) is 13.8. The number of nitrogens with zero attached hydrogens (tertiary/aromatic N) is 3. The van der Waals surface area contributed by atoms with E-state index in [0.717, 1.165) is 48.8 Å². The fourth-order valence-corrected chi connectivity index (χ4v) is 3.45. The Kier molecular flexibility index (Phi) is 5.69. The fraction of sp³-hybridized carbons (Fsp3) is 0.208. The number of nitrogens with one attached hydrogen (secondary N) is 1. The minimum Gasteiger partial charge on any atom is -0.334 e. The Hall–Kier alpha value is -3.11. The van der Waals surface area contributed by atoms with Gasteiger partial charge in [0.05, 0.1) is 39.4 Å². The van der Waals surface area contributed by atoms with E-state index >= 15 is 0 Å². The molecule has 1 aliphatic heterocycles. The first kappa shape index (κ1) is 18.3. The van der Waals surface area contributed by atoms with Crippen molar-refractivity contribution in [1.82, 2.24) is 5.01 Å². The number of hydrazone groups is 1. The molecule has 0 radical (unpaired) electrons. The van der Waals surface area contributed by atoms with Gasteiger partial charge in [-0.1, -0.05) is 48.5 Å². The van der Waals surface area contributed by atoms with Crippen molar-refractivity contribution in [2.24, 2.45) is 5.10 Å². The van der Waals surface area contributed by atoms with Crippen molar-refractivity contribution in [1.29, 1.82) is 0 Å². The van der Waals surface area contributed by atoms with Crippen molar-refractivity contribution >= 4 is 23.3 Å². The van der Waals surface area contributed by atoms with E-state index in [0.29, 0.717) is 0 Å². The van der Waals surface area contributed by atoms with E-state index in [1.807, 2.05) is 18.3 Å². The van der Waals surface area contributed by atoms with Crippen molar-refractivity contribution in [3.63, 3.8) is 0 Å². The highest BCUT2D eigenvalue weighted by atomic mass is 15.5. The summed E-state index contributed by atoms with van der Waals surface area (Å²) in [6, 6.07) is 29.5. The maximum absolute atomic E-state index is 4.66. The number of likely N-dealkylation sites (N-methyl/N-ethyl adjacent to an activating group) is 1. The minimum atomic E-state index is 1.02. The Balaban J connectivity index is 1.55. The third-order valence-electron chi connectivity index (χ3n) is 5.14. The van der Waals surface area contributed by atoms with Crippen LogP contribution in [-0.2, 0) is 0 Å². The van der Waals surface area contributed by atoms with Crippen molar-refractivity contribution in [2.45, 2.75) is 0 Å². The molecule has 0 saturated carbocycles. The smallest absolute Gasteiger partial charge is 0.0964 e. The summed E-state index contributed by atoms with van der Waals surface area (Å²) < 4.78 is 0. The van der Waals surface area contributed by atoms with E-state index < -0.39 is 0 Å². The van der Waals surface area contributed by atoms with Crippen LogP contribution in [0.5, 0.6) is 0 Å². The highest BCUT2D eigenvalue weighted by molar-refractivity contribution is 5.82. The molecule has 4 rings (SSSR count). The molecule has 142 valence electrons. The predicted molar refractivity (Wildman–Crippen MR) is 117 cm³/mol. The molecule has 1 saturated heterocycles. The van der Waals surface area contributed by atoms with Gasteiger partial charge in [0, 0.05) is 17.1 Å². The van der Waals surface area contributed by atoms with E-state index in [4.69, 9.17) is 0 Å². The first-order valence-corrected chi connectivity index (χ1v) is 9.90. The van der Waals surface area contributed by atoms with Crippen molar-refractivity contribution in [3.8, 4) is 0 Å². The van der Waals surface area contributed by atoms with Gasteiger partial charge in [-0.15, -0.1) is 0 Å². The van der Waals surface area contributed by atoms with Crippen LogP contribution in [0.15, 0.2) is 90.0 Å². The van der Waals surface area contributed by atoms with Gasteiger partial charge in [0.25, 0.3) is 0 Å². The molecule has 0 bridgehead atoms. The van der Waals surface area contributed by atoms with Crippen molar-refractivity contribution in [3.05, 3.63) is 90.5 Å². The summed E-state index contributed by atoms with van der Waals surface area (Å²) in [6.45, 7) is 4.35. The first-order valence-electron chi connectivity index (χ1n) is 9.90. The maximum atomic E-state index is 4.66. The van der Waals surface area contributed by atoms with Crippen LogP contribution >= 0.6 is 0 Å². The lowest BCUT2D eigenvalue weighted by Crippen LogP contribution is -3.11. The largest absolute Gasteiger partial charge is 0.334 e. The predicted octanol–water partition coefficient (Wildman–Crippen LogP) is 3.32. The molecular formula is C24H27N4+. The summed E-state index contributed by atoms with van der Waals surface area (Å²) in [5.74, 6) is 0. The zero-order valence-corrected chi connectivity index (χ0v) is 16.3. The lowest BCUT2D eigenvalue weighted by Gasteiger charge is -2.27. The normalized spacial score (nSPS) is 15.1. The molecule has 4 heteroatoms. The van der Waals surface area contributed by atoms with E-state index in [1.165, 1.54) is 0 Å². The topological polar surface area (TPSA) is 23.3 Å². The lowest BCUT2D eigenvalue weighted by molar-refractivity contribution is -0.884. The van der Waals surface area contributed by atoms with Gasteiger partial charge in [-0.25, -0.2) is 0 Å². The molecule has 1 aliphatic rings. The number of rotatable bonds is 5. The second-order valence-corrected chi connectivity index (χ2v) is 7.25. The Morgan fingerprint density at radius 2 is 1.25 bits per heavy atom. The average Bonchev–Trinajstić information content (AvgIpc) is 2.76. The quantitative estimate of drug-likeness (QED) is 0.696. The number of piperazine rings is 1. The molecule has 4 nitrogen and oxygen atoms in total. The number of hydrogen-bond donors (Lipinski definition) is 1. The molecule has 3 aromatic carbocycles. The van der Waals surface area contributed by atoms with Gasteiger partial charge < -0.3 is 9.80 Å². The summed E-state index contributed by atoms with van der Waals surface area (Å²) >= 11 is 0. The zero-order chi connectivity index (χ0) is 19.2. The van der Waals surface area contributed by atoms with Crippen LogP contribution in [0.25, 0.3) is 0 Å². The van der Waals surface area contributed by atoms with Crippen LogP contribution in [0.2, 0.25) is 0 Å². The van der Waals surface area contributed by atoms with Gasteiger partial charge in [-0.05, 0) is 42.0 Å². The average molecular weight is 372 g/mol. The SMILES string of the molecule is C[NH+]1CCN(/N=C\c2ccc(N(c3ccccc3)c3ccccc3)cc2)CC1. The van der Waals surface area contributed by atoms with Crippen LogP contribution in [-0.4, -0.2) is 44.5 Å². The molecule has 1 fully saturated rings. The van der Waals surface area contributed by atoms with Crippen molar-refractivity contribution < 1.29 is 4.90 Å². The van der Waals surface area contributed by atoms with E-state index in [-0.39, 0.29) is 0 Å². The molecule has 0 aliphatic carbocycles. The Morgan fingerprint density at radius 1 is 0.750 bits per heavy atom.